The Labute approximate surface area is 201 Å². The van der Waals surface area contributed by atoms with Gasteiger partial charge in [0.05, 0.1) is 11.1 Å². The first-order valence-electron chi connectivity index (χ1n) is 10.9. The van der Waals surface area contributed by atoms with E-state index in [-0.39, 0.29) is 22.5 Å². The number of nitrogens with one attached hydrogen (secondary N) is 3. The summed E-state index contributed by atoms with van der Waals surface area (Å²) in [6, 6.07) is 13.5. The van der Waals surface area contributed by atoms with Crippen molar-refractivity contribution < 1.29 is 18.0 Å². The van der Waals surface area contributed by atoms with Crippen molar-refractivity contribution in [2.24, 2.45) is 0 Å². The van der Waals surface area contributed by atoms with E-state index in [0.29, 0.717) is 25.3 Å². The van der Waals surface area contributed by atoms with Gasteiger partial charge in [-0.15, -0.1) is 0 Å². The van der Waals surface area contributed by atoms with Gasteiger partial charge in [-0.2, -0.15) is 13.2 Å². The lowest BCUT2D eigenvalue weighted by molar-refractivity contribution is -0.137. The second-order valence-electron chi connectivity index (χ2n) is 8.37. The Morgan fingerprint density at radius 2 is 1.74 bits per heavy atom. The topological polar surface area (TPSA) is 80.5 Å². The fourth-order valence-corrected chi connectivity index (χ4v) is 3.43. The van der Waals surface area contributed by atoms with Gasteiger partial charge in [0.25, 0.3) is 5.91 Å². The standard InChI is InChI=1S/C25H28F3N5O2/c1-32(2)12-13-33(3)22-10-9-18(14-20(22)25(26,27)28)31-24(35)19-6-4-5-7-21(19)29-15-17-8-11-23(34)30-16-17/h4-11,14,16,29H,12-13,15H2,1-3H3,(H,30,34)(H,31,35). The van der Waals surface area contributed by atoms with Crippen molar-refractivity contribution >= 4 is 23.0 Å². The second kappa shape index (κ2) is 11.1. The molecule has 7 nitrogen and oxygen atoms in total. The largest absolute Gasteiger partial charge is 0.418 e. The Morgan fingerprint density at radius 1 is 1.00 bits per heavy atom. The summed E-state index contributed by atoms with van der Waals surface area (Å²) >= 11 is 0. The fraction of sp³-hybridized carbons (Fsp3) is 0.280. The smallest absolute Gasteiger partial charge is 0.380 e. The minimum atomic E-state index is -4.58. The molecule has 0 aliphatic carbocycles. The van der Waals surface area contributed by atoms with E-state index in [0.717, 1.165) is 11.6 Å². The number of rotatable bonds is 9. The number of halogens is 3. The van der Waals surface area contributed by atoms with Crippen LogP contribution in [-0.4, -0.2) is 50.0 Å². The number of nitrogens with zero attached hydrogens (tertiary/aromatic N) is 2. The minimum absolute atomic E-state index is 0.0420. The first-order chi connectivity index (χ1) is 16.5. The molecule has 1 heterocycles. The molecular weight excluding hydrogens is 459 g/mol. The normalized spacial score (nSPS) is 11.4. The van der Waals surface area contributed by atoms with Gasteiger partial charge in [0.15, 0.2) is 0 Å². The van der Waals surface area contributed by atoms with Gasteiger partial charge >= 0.3 is 6.18 Å². The van der Waals surface area contributed by atoms with Crippen molar-refractivity contribution in [1.82, 2.24) is 9.88 Å². The number of H-pyrrole nitrogens is 1. The van der Waals surface area contributed by atoms with Crippen LogP contribution in [0.3, 0.4) is 0 Å². The molecule has 186 valence electrons. The van der Waals surface area contributed by atoms with E-state index >= 15 is 0 Å². The summed E-state index contributed by atoms with van der Waals surface area (Å²) in [6.07, 6.45) is -3.02. The Morgan fingerprint density at radius 3 is 2.40 bits per heavy atom. The van der Waals surface area contributed by atoms with E-state index in [1.165, 1.54) is 18.2 Å². The molecule has 2 aromatic carbocycles. The SMILES string of the molecule is CN(C)CCN(C)c1ccc(NC(=O)c2ccccc2NCc2ccc(=O)[nH]c2)cc1C(F)(F)F. The molecule has 35 heavy (non-hydrogen) atoms. The molecule has 10 heteroatoms. The van der Waals surface area contributed by atoms with E-state index in [9.17, 15) is 22.8 Å². The average Bonchev–Trinajstić information content (AvgIpc) is 2.81. The third kappa shape index (κ3) is 7.10. The molecule has 0 fully saturated rings. The van der Waals surface area contributed by atoms with Gasteiger partial charge in [-0.25, -0.2) is 0 Å². The van der Waals surface area contributed by atoms with E-state index < -0.39 is 17.6 Å². The van der Waals surface area contributed by atoms with Crippen LogP contribution < -0.4 is 21.1 Å². The highest BCUT2D eigenvalue weighted by Crippen LogP contribution is 2.38. The molecular formula is C25H28F3N5O2. The van der Waals surface area contributed by atoms with Gasteiger partial charge in [0.1, 0.15) is 0 Å². The van der Waals surface area contributed by atoms with Crippen LogP contribution >= 0.6 is 0 Å². The van der Waals surface area contributed by atoms with Gasteiger partial charge in [-0.1, -0.05) is 18.2 Å². The molecule has 0 saturated heterocycles. The van der Waals surface area contributed by atoms with Crippen LogP contribution in [0.25, 0.3) is 0 Å². The van der Waals surface area contributed by atoms with Crippen molar-refractivity contribution in [2.75, 3.05) is 49.8 Å². The number of para-hydroxylation sites is 1. The maximum atomic E-state index is 13.8. The molecule has 3 N–H and O–H groups in total. The number of hydrogen-bond donors (Lipinski definition) is 3. The number of aromatic amines is 1. The highest BCUT2D eigenvalue weighted by molar-refractivity contribution is 6.08. The van der Waals surface area contributed by atoms with E-state index in [1.54, 1.807) is 48.5 Å². The number of carbonyl (C=O) groups excluding carboxylic acids is 1. The maximum absolute atomic E-state index is 13.8. The highest BCUT2D eigenvalue weighted by atomic mass is 19.4. The lowest BCUT2D eigenvalue weighted by Gasteiger charge is -2.25. The summed E-state index contributed by atoms with van der Waals surface area (Å²) in [7, 11) is 5.31. The molecule has 0 spiro atoms. The molecule has 0 saturated carbocycles. The van der Waals surface area contributed by atoms with Crippen LogP contribution in [0, 0.1) is 0 Å². The number of aromatic nitrogens is 1. The predicted molar refractivity (Wildman–Crippen MR) is 132 cm³/mol. The third-order valence-corrected chi connectivity index (χ3v) is 5.36. The summed E-state index contributed by atoms with van der Waals surface area (Å²) in [4.78, 5) is 30.2. The van der Waals surface area contributed by atoms with Gasteiger partial charge in [0, 0.05) is 56.0 Å². The molecule has 1 aromatic heterocycles. The Hall–Kier alpha value is -3.79. The molecule has 0 unspecified atom stereocenters. The number of likely N-dealkylation sites (N-methyl/N-ethyl adjacent to an activating group) is 2. The van der Waals surface area contributed by atoms with Gasteiger partial charge in [0.2, 0.25) is 5.56 Å². The van der Waals surface area contributed by atoms with Gasteiger partial charge < -0.3 is 25.4 Å². The first-order valence-corrected chi connectivity index (χ1v) is 10.9. The van der Waals surface area contributed by atoms with E-state index in [2.05, 4.69) is 15.6 Å². The molecule has 0 atom stereocenters. The lowest BCUT2D eigenvalue weighted by Crippen LogP contribution is -2.30. The maximum Gasteiger partial charge on any atom is 0.418 e. The van der Waals surface area contributed by atoms with E-state index in [4.69, 9.17) is 0 Å². The van der Waals surface area contributed by atoms with Crippen LogP contribution in [-0.2, 0) is 12.7 Å². The predicted octanol–water partition coefficient (Wildman–Crippen LogP) is 4.26. The summed E-state index contributed by atoms with van der Waals surface area (Å²) in [5.74, 6) is -0.545. The van der Waals surface area contributed by atoms with Crippen molar-refractivity contribution in [3.63, 3.8) is 0 Å². The quantitative estimate of drug-likeness (QED) is 0.421. The van der Waals surface area contributed by atoms with Crippen LogP contribution in [0.15, 0.2) is 65.6 Å². The Balaban J connectivity index is 1.79. The number of pyridine rings is 1. The molecule has 0 aliphatic rings. The van der Waals surface area contributed by atoms with E-state index in [1.807, 2.05) is 19.0 Å². The molecule has 0 bridgehead atoms. The molecule has 1 amide bonds. The number of alkyl halides is 3. The van der Waals surface area contributed by atoms with Crippen molar-refractivity contribution in [3.8, 4) is 0 Å². The number of hydrogen-bond acceptors (Lipinski definition) is 5. The number of carbonyl (C=O) groups is 1. The van der Waals surface area contributed by atoms with Crippen molar-refractivity contribution in [3.05, 3.63) is 87.8 Å². The molecule has 0 aliphatic heterocycles. The summed E-state index contributed by atoms with van der Waals surface area (Å²) in [5.41, 5.74) is 0.624. The molecule has 3 rings (SSSR count). The van der Waals surface area contributed by atoms with Crippen molar-refractivity contribution in [2.45, 2.75) is 12.7 Å². The summed E-state index contributed by atoms with van der Waals surface area (Å²) in [6.45, 7) is 1.35. The number of benzene rings is 2. The zero-order valence-electron chi connectivity index (χ0n) is 19.7. The summed E-state index contributed by atoms with van der Waals surface area (Å²) in [5, 5.41) is 5.70. The van der Waals surface area contributed by atoms with Crippen molar-refractivity contribution in [1.29, 1.82) is 0 Å². The lowest BCUT2D eigenvalue weighted by atomic mass is 10.1. The zero-order valence-corrected chi connectivity index (χ0v) is 19.7. The third-order valence-electron chi connectivity index (χ3n) is 5.36. The van der Waals surface area contributed by atoms with Gasteiger partial charge in [-0.05, 0) is 50.0 Å². The molecule has 3 aromatic rings. The average molecular weight is 488 g/mol. The first kappa shape index (κ1) is 25.8. The van der Waals surface area contributed by atoms with Gasteiger partial charge in [-0.3, -0.25) is 9.59 Å². The van der Waals surface area contributed by atoms with Crippen LogP contribution in [0.1, 0.15) is 21.5 Å². The number of amides is 1. The van der Waals surface area contributed by atoms with Crippen LogP contribution in [0.4, 0.5) is 30.2 Å². The van der Waals surface area contributed by atoms with Crippen LogP contribution in [0.5, 0.6) is 0 Å². The molecule has 0 radical (unpaired) electrons. The Bertz CT molecular complexity index is 1200. The minimum Gasteiger partial charge on any atom is -0.380 e. The fourth-order valence-electron chi connectivity index (χ4n) is 3.43. The van der Waals surface area contributed by atoms with Crippen LogP contribution in [0.2, 0.25) is 0 Å². The number of anilines is 3. The zero-order chi connectivity index (χ0) is 25.6. The monoisotopic (exact) mass is 487 g/mol. The Kier molecular flexibility index (Phi) is 8.18. The highest BCUT2D eigenvalue weighted by Gasteiger charge is 2.35. The summed E-state index contributed by atoms with van der Waals surface area (Å²) < 4.78 is 41.5. The second-order valence-corrected chi connectivity index (χ2v) is 8.37.